The third kappa shape index (κ3) is 4.80. The van der Waals surface area contributed by atoms with Crippen LogP contribution in [0.4, 0.5) is 10.5 Å². The lowest BCUT2D eigenvalue weighted by Crippen LogP contribution is -2.42. The standard InChI is InChI=1S/C20H28N4O3/c1-3-27-18-9-5-4-8-17(18)22-20(25)24-11-6-7-16(15-24)19-21-10-12-23(19)13-14-26-2/h4-5,8-10,12,16H,3,6-7,11,13-15H2,1-2H3,(H,22,25)/t16-/m0/s1. The Balaban J connectivity index is 1.66. The van der Waals surface area contributed by atoms with Crippen LogP contribution in [0.25, 0.3) is 0 Å². The molecule has 7 heteroatoms. The van der Waals surface area contributed by atoms with Crippen LogP contribution in [0.1, 0.15) is 31.5 Å². The number of rotatable bonds is 7. The summed E-state index contributed by atoms with van der Waals surface area (Å²) in [5.74, 6) is 1.95. The van der Waals surface area contributed by atoms with E-state index >= 15 is 0 Å². The van der Waals surface area contributed by atoms with Crippen LogP contribution < -0.4 is 10.1 Å². The Bertz CT molecular complexity index is 746. The number of methoxy groups -OCH3 is 1. The Kier molecular flexibility index (Phi) is 6.70. The summed E-state index contributed by atoms with van der Waals surface area (Å²) in [7, 11) is 1.70. The van der Waals surface area contributed by atoms with E-state index < -0.39 is 0 Å². The highest BCUT2D eigenvalue weighted by molar-refractivity contribution is 5.91. The molecule has 2 aromatic rings. The summed E-state index contributed by atoms with van der Waals surface area (Å²) >= 11 is 0. The number of nitrogens with zero attached hydrogens (tertiary/aromatic N) is 3. The SMILES string of the molecule is CCOc1ccccc1NC(=O)N1CCC[C@H](c2nccn2CCOC)C1. The van der Waals surface area contributed by atoms with Crippen molar-refractivity contribution in [3.63, 3.8) is 0 Å². The molecule has 1 fully saturated rings. The normalized spacial score (nSPS) is 17.0. The van der Waals surface area contributed by atoms with Gasteiger partial charge in [-0.15, -0.1) is 0 Å². The van der Waals surface area contributed by atoms with Crippen LogP contribution in [0.3, 0.4) is 0 Å². The molecule has 27 heavy (non-hydrogen) atoms. The summed E-state index contributed by atoms with van der Waals surface area (Å²) in [6, 6.07) is 7.43. The van der Waals surface area contributed by atoms with E-state index in [1.165, 1.54) is 0 Å². The Hall–Kier alpha value is -2.54. The third-order valence-electron chi connectivity index (χ3n) is 4.79. The van der Waals surface area contributed by atoms with Gasteiger partial charge in [-0.1, -0.05) is 12.1 Å². The number of ether oxygens (including phenoxy) is 2. The lowest BCUT2D eigenvalue weighted by Gasteiger charge is -2.32. The summed E-state index contributed by atoms with van der Waals surface area (Å²) < 4.78 is 12.9. The number of amides is 2. The molecule has 1 aliphatic heterocycles. The number of likely N-dealkylation sites (tertiary alicyclic amines) is 1. The fourth-order valence-corrected chi connectivity index (χ4v) is 3.48. The maximum Gasteiger partial charge on any atom is 0.321 e. The van der Waals surface area contributed by atoms with Gasteiger partial charge in [0, 0.05) is 45.1 Å². The van der Waals surface area contributed by atoms with Gasteiger partial charge in [-0.3, -0.25) is 0 Å². The van der Waals surface area contributed by atoms with Crippen LogP contribution in [-0.2, 0) is 11.3 Å². The number of piperidine rings is 1. The van der Waals surface area contributed by atoms with Crippen molar-refractivity contribution < 1.29 is 14.3 Å². The van der Waals surface area contributed by atoms with E-state index in [-0.39, 0.29) is 11.9 Å². The molecule has 1 N–H and O–H groups in total. The van der Waals surface area contributed by atoms with Crippen molar-refractivity contribution in [1.29, 1.82) is 0 Å². The molecular weight excluding hydrogens is 344 g/mol. The number of carbonyl (C=O) groups excluding carboxylic acids is 1. The van der Waals surface area contributed by atoms with E-state index in [4.69, 9.17) is 9.47 Å². The molecule has 7 nitrogen and oxygen atoms in total. The first-order valence-electron chi connectivity index (χ1n) is 9.50. The van der Waals surface area contributed by atoms with Gasteiger partial charge in [0.25, 0.3) is 0 Å². The highest BCUT2D eigenvalue weighted by atomic mass is 16.5. The quantitative estimate of drug-likeness (QED) is 0.809. The summed E-state index contributed by atoms with van der Waals surface area (Å²) in [6.45, 7) is 5.32. The molecule has 1 aromatic heterocycles. The zero-order valence-corrected chi connectivity index (χ0v) is 16.1. The number of anilines is 1. The predicted octanol–water partition coefficient (Wildman–Crippen LogP) is 3.34. The molecule has 1 aromatic carbocycles. The third-order valence-corrected chi connectivity index (χ3v) is 4.79. The average Bonchev–Trinajstić information content (AvgIpc) is 3.17. The Morgan fingerprint density at radius 2 is 2.22 bits per heavy atom. The molecule has 1 atom stereocenters. The molecule has 1 aliphatic rings. The van der Waals surface area contributed by atoms with Crippen molar-refractivity contribution >= 4 is 11.7 Å². The van der Waals surface area contributed by atoms with E-state index in [1.54, 1.807) is 7.11 Å². The molecular formula is C20H28N4O3. The van der Waals surface area contributed by atoms with Gasteiger partial charge in [-0.05, 0) is 31.9 Å². The maximum absolute atomic E-state index is 12.8. The molecule has 0 saturated carbocycles. The topological polar surface area (TPSA) is 68.6 Å². The van der Waals surface area contributed by atoms with Gasteiger partial charge < -0.3 is 24.3 Å². The number of nitrogens with one attached hydrogen (secondary N) is 1. The summed E-state index contributed by atoms with van der Waals surface area (Å²) in [6.07, 6.45) is 5.79. The zero-order chi connectivity index (χ0) is 19.1. The van der Waals surface area contributed by atoms with Gasteiger partial charge in [-0.2, -0.15) is 0 Å². The summed E-state index contributed by atoms with van der Waals surface area (Å²) in [5, 5.41) is 2.99. The fourth-order valence-electron chi connectivity index (χ4n) is 3.48. The number of carbonyl (C=O) groups is 1. The zero-order valence-electron chi connectivity index (χ0n) is 16.1. The van der Waals surface area contributed by atoms with Gasteiger partial charge in [-0.25, -0.2) is 9.78 Å². The van der Waals surface area contributed by atoms with Gasteiger partial charge in [0.2, 0.25) is 0 Å². The molecule has 1 saturated heterocycles. The molecule has 0 radical (unpaired) electrons. The predicted molar refractivity (Wildman–Crippen MR) is 104 cm³/mol. The van der Waals surface area contributed by atoms with Crippen LogP contribution in [0.5, 0.6) is 5.75 Å². The Morgan fingerprint density at radius 3 is 3.04 bits per heavy atom. The molecule has 3 rings (SSSR count). The van der Waals surface area contributed by atoms with Gasteiger partial charge in [0.05, 0.1) is 18.9 Å². The number of aromatic nitrogens is 2. The number of imidazole rings is 1. The van der Waals surface area contributed by atoms with Crippen LogP contribution >= 0.6 is 0 Å². The first-order valence-corrected chi connectivity index (χ1v) is 9.50. The Morgan fingerprint density at radius 1 is 1.37 bits per heavy atom. The van der Waals surface area contributed by atoms with E-state index in [9.17, 15) is 4.79 Å². The van der Waals surface area contributed by atoms with Gasteiger partial charge >= 0.3 is 6.03 Å². The van der Waals surface area contributed by atoms with Crippen LogP contribution in [0, 0.1) is 0 Å². The highest BCUT2D eigenvalue weighted by Crippen LogP contribution is 2.28. The van der Waals surface area contributed by atoms with Crippen LogP contribution in [0.2, 0.25) is 0 Å². The van der Waals surface area contributed by atoms with Gasteiger partial charge in [0.1, 0.15) is 11.6 Å². The molecule has 2 amide bonds. The number of urea groups is 1. The van der Waals surface area contributed by atoms with Crippen molar-refractivity contribution in [2.45, 2.75) is 32.2 Å². The average molecular weight is 372 g/mol. The largest absolute Gasteiger partial charge is 0.492 e. The molecule has 0 aliphatic carbocycles. The lowest BCUT2D eigenvalue weighted by atomic mass is 9.97. The fraction of sp³-hybridized carbons (Fsp3) is 0.500. The first kappa shape index (κ1) is 19.2. The van der Waals surface area contributed by atoms with Gasteiger partial charge in [0.15, 0.2) is 0 Å². The maximum atomic E-state index is 12.8. The van der Waals surface area contributed by atoms with E-state index in [2.05, 4.69) is 14.9 Å². The van der Waals surface area contributed by atoms with Crippen LogP contribution in [0.15, 0.2) is 36.7 Å². The van der Waals surface area contributed by atoms with Crippen molar-refractivity contribution in [2.24, 2.45) is 0 Å². The second-order valence-electron chi connectivity index (χ2n) is 6.62. The molecule has 2 heterocycles. The minimum atomic E-state index is -0.0955. The number of para-hydroxylation sites is 2. The molecule has 146 valence electrons. The van der Waals surface area contributed by atoms with Crippen molar-refractivity contribution in [1.82, 2.24) is 14.5 Å². The lowest BCUT2D eigenvalue weighted by molar-refractivity contribution is 0.179. The molecule has 0 unspecified atom stereocenters. The molecule has 0 spiro atoms. The monoisotopic (exact) mass is 372 g/mol. The minimum absolute atomic E-state index is 0.0955. The van der Waals surface area contributed by atoms with E-state index in [1.807, 2.05) is 48.5 Å². The van der Waals surface area contributed by atoms with Crippen molar-refractivity contribution in [3.8, 4) is 5.75 Å². The number of benzene rings is 1. The number of hydrogen-bond donors (Lipinski definition) is 1. The minimum Gasteiger partial charge on any atom is -0.492 e. The Labute approximate surface area is 160 Å². The second kappa shape index (κ2) is 9.41. The highest BCUT2D eigenvalue weighted by Gasteiger charge is 2.27. The number of hydrogen-bond acceptors (Lipinski definition) is 4. The van der Waals surface area contributed by atoms with Crippen LogP contribution in [-0.4, -0.2) is 53.9 Å². The second-order valence-corrected chi connectivity index (χ2v) is 6.62. The smallest absolute Gasteiger partial charge is 0.321 e. The van der Waals surface area contributed by atoms with E-state index in [0.717, 1.165) is 31.8 Å². The summed E-state index contributed by atoms with van der Waals surface area (Å²) in [4.78, 5) is 19.2. The van der Waals surface area contributed by atoms with E-state index in [0.29, 0.717) is 31.2 Å². The first-order chi connectivity index (χ1) is 13.2. The van der Waals surface area contributed by atoms with Crippen molar-refractivity contribution in [3.05, 3.63) is 42.5 Å². The van der Waals surface area contributed by atoms with Crippen molar-refractivity contribution in [2.75, 3.05) is 38.7 Å². The summed E-state index contributed by atoms with van der Waals surface area (Å²) in [5.41, 5.74) is 0.702. The molecule has 0 bridgehead atoms.